The van der Waals surface area contributed by atoms with Crippen LogP contribution in [-0.4, -0.2) is 25.5 Å². The Bertz CT molecular complexity index is 1010. The minimum atomic E-state index is -0.0137. The summed E-state index contributed by atoms with van der Waals surface area (Å²) in [6.45, 7) is 0. The molecule has 1 aliphatic carbocycles. The second-order valence-electron chi connectivity index (χ2n) is 8.50. The highest BCUT2D eigenvalue weighted by molar-refractivity contribution is 5.52. The normalized spacial score (nSPS) is 14.6. The van der Waals surface area contributed by atoms with Crippen molar-refractivity contribution in [2.45, 2.75) is 50.9 Å². The van der Waals surface area contributed by atoms with E-state index >= 15 is 0 Å². The molecule has 0 saturated heterocycles. The first-order chi connectivity index (χ1) is 14.9. The molecule has 4 rings (SSSR count). The van der Waals surface area contributed by atoms with E-state index in [1.165, 1.54) is 49.1 Å². The molecule has 1 saturated carbocycles. The standard InChI is InChI=1S/C26H28O5/c27-22-8-6-17(24(29)14-22)10-20-12-19(16-4-2-1-3-5-16)13-21(26(20)31)11-18-7-9-23(28)15-25(18)30/h6-9,12-16,27-31H,1-5,10-11H2. The van der Waals surface area contributed by atoms with Crippen molar-refractivity contribution in [1.82, 2.24) is 0 Å². The molecule has 3 aromatic rings. The molecule has 1 aliphatic rings. The summed E-state index contributed by atoms with van der Waals surface area (Å²) in [6, 6.07) is 13.0. The molecule has 5 N–H and O–H groups in total. The van der Waals surface area contributed by atoms with E-state index < -0.39 is 0 Å². The number of rotatable bonds is 5. The summed E-state index contributed by atoms with van der Waals surface area (Å²) in [6.07, 6.45) is 6.50. The second-order valence-corrected chi connectivity index (χ2v) is 8.50. The van der Waals surface area contributed by atoms with Gasteiger partial charge in [-0.2, -0.15) is 0 Å². The van der Waals surface area contributed by atoms with Gasteiger partial charge in [-0.15, -0.1) is 0 Å². The van der Waals surface area contributed by atoms with Crippen LogP contribution in [0.2, 0.25) is 0 Å². The van der Waals surface area contributed by atoms with E-state index in [4.69, 9.17) is 0 Å². The van der Waals surface area contributed by atoms with Gasteiger partial charge in [-0.3, -0.25) is 0 Å². The molecule has 0 heterocycles. The molecule has 0 bridgehead atoms. The molecule has 0 spiro atoms. The topological polar surface area (TPSA) is 101 Å². The number of phenols is 5. The maximum absolute atomic E-state index is 11.1. The van der Waals surface area contributed by atoms with Crippen LogP contribution in [0.5, 0.6) is 28.7 Å². The third-order valence-corrected chi connectivity index (χ3v) is 6.27. The summed E-state index contributed by atoms with van der Waals surface area (Å²) in [7, 11) is 0. The van der Waals surface area contributed by atoms with Crippen molar-refractivity contribution in [2.24, 2.45) is 0 Å². The third-order valence-electron chi connectivity index (χ3n) is 6.27. The molecule has 162 valence electrons. The fourth-order valence-corrected chi connectivity index (χ4v) is 4.54. The van der Waals surface area contributed by atoms with Gasteiger partial charge < -0.3 is 25.5 Å². The van der Waals surface area contributed by atoms with Crippen LogP contribution < -0.4 is 0 Å². The molecule has 0 aliphatic heterocycles. The number of benzene rings is 3. The fourth-order valence-electron chi connectivity index (χ4n) is 4.54. The summed E-state index contributed by atoms with van der Waals surface area (Å²) < 4.78 is 0. The highest BCUT2D eigenvalue weighted by Crippen LogP contribution is 2.39. The molecule has 5 heteroatoms. The van der Waals surface area contributed by atoms with Crippen LogP contribution in [0.25, 0.3) is 0 Å². The van der Waals surface area contributed by atoms with Crippen molar-refractivity contribution in [3.8, 4) is 28.7 Å². The molecule has 3 aromatic carbocycles. The van der Waals surface area contributed by atoms with E-state index in [-0.39, 0.29) is 28.7 Å². The zero-order valence-corrected chi connectivity index (χ0v) is 17.4. The molecule has 5 nitrogen and oxygen atoms in total. The van der Waals surface area contributed by atoms with Crippen LogP contribution in [0, 0.1) is 0 Å². The Balaban J connectivity index is 1.74. The Labute approximate surface area is 181 Å². The van der Waals surface area contributed by atoms with E-state index in [1.54, 1.807) is 12.1 Å². The average Bonchev–Trinajstić information content (AvgIpc) is 2.75. The fraction of sp³-hybridized carbons (Fsp3) is 0.308. The lowest BCUT2D eigenvalue weighted by molar-refractivity contribution is 0.437. The van der Waals surface area contributed by atoms with Crippen LogP contribution in [0.4, 0.5) is 0 Å². The Morgan fingerprint density at radius 2 is 1.06 bits per heavy atom. The van der Waals surface area contributed by atoms with Gasteiger partial charge >= 0.3 is 0 Å². The zero-order chi connectivity index (χ0) is 22.0. The lowest BCUT2D eigenvalue weighted by atomic mass is 9.81. The summed E-state index contributed by atoms with van der Waals surface area (Å²) in [5, 5.41) is 50.7. The number of aromatic hydroxyl groups is 5. The molecule has 31 heavy (non-hydrogen) atoms. The van der Waals surface area contributed by atoms with Gasteiger partial charge in [0.05, 0.1) is 0 Å². The van der Waals surface area contributed by atoms with Crippen molar-refractivity contribution in [3.63, 3.8) is 0 Å². The minimum Gasteiger partial charge on any atom is -0.508 e. The first-order valence-corrected chi connectivity index (χ1v) is 10.8. The van der Waals surface area contributed by atoms with Crippen molar-refractivity contribution >= 4 is 0 Å². The SMILES string of the molecule is Oc1ccc(Cc2cc(C3CCCCC3)cc(Cc3ccc(O)cc3O)c2O)c(O)c1. The molecular formula is C26H28O5. The number of hydrogen-bond acceptors (Lipinski definition) is 5. The van der Waals surface area contributed by atoms with Crippen LogP contribution in [-0.2, 0) is 12.8 Å². The van der Waals surface area contributed by atoms with Crippen molar-refractivity contribution in [1.29, 1.82) is 0 Å². The highest BCUT2D eigenvalue weighted by Gasteiger charge is 2.20. The zero-order valence-electron chi connectivity index (χ0n) is 17.4. The van der Waals surface area contributed by atoms with Crippen molar-refractivity contribution < 1.29 is 25.5 Å². The second kappa shape index (κ2) is 8.80. The quantitative estimate of drug-likeness (QED) is 0.378. The van der Waals surface area contributed by atoms with Crippen LogP contribution in [0.15, 0.2) is 48.5 Å². The molecule has 0 unspecified atom stereocenters. The van der Waals surface area contributed by atoms with E-state index in [2.05, 4.69) is 0 Å². The number of phenolic OH excluding ortho intramolecular Hbond substituents is 5. The minimum absolute atomic E-state index is 0.00933. The van der Waals surface area contributed by atoms with E-state index in [0.29, 0.717) is 41.0 Å². The molecule has 0 aromatic heterocycles. The molecule has 0 atom stereocenters. The Morgan fingerprint density at radius 3 is 1.52 bits per heavy atom. The molecule has 1 fully saturated rings. The summed E-state index contributed by atoms with van der Waals surface area (Å²) in [5.41, 5.74) is 3.81. The van der Waals surface area contributed by atoms with Gasteiger partial charge in [0.2, 0.25) is 0 Å². The monoisotopic (exact) mass is 420 g/mol. The van der Waals surface area contributed by atoms with Crippen LogP contribution in [0.3, 0.4) is 0 Å². The van der Waals surface area contributed by atoms with Gasteiger partial charge in [0.25, 0.3) is 0 Å². The molecule has 0 amide bonds. The van der Waals surface area contributed by atoms with Gasteiger partial charge in [-0.25, -0.2) is 0 Å². The largest absolute Gasteiger partial charge is 0.508 e. The summed E-state index contributed by atoms with van der Waals surface area (Å²) in [5.74, 6) is 0.517. The molecule has 0 radical (unpaired) electrons. The van der Waals surface area contributed by atoms with E-state index in [9.17, 15) is 25.5 Å². The summed E-state index contributed by atoms with van der Waals surface area (Å²) >= 11 is 0. The third kappa shape index (κ3) is 4.71. The number of hydrogen-bond donors (Lipinski definition) is 5. The Morgan fingerprint density at radius 1 is 0.581 bits per heavy atom. The average molecular weight is 421 g/mol. The van der Waals surface area contributed by atoms with E-state index in [0.717, 1.165) is 12.8 Å². The van der Waals surface area contributed by atoms with Crippen LogP contribution >= 0.6 is 0 Å². The smallest absolute Gasteiger partial charge is 0.122 e. The van der Waals surface area contributed by atoms with Crippen LogP contribution in [0.1, 0.15) is 65.8 Å². The maximum Gasteiger partial charge on any atom is 0.122 e. The van der Waals surface area contributed by atoms with Crippen molar-refractivity contribution in [3.05, 3.63) is 76.3 Å². The molecular weight excluding hydrogens is 392 g/mol. The first-order valence-electron chi connectivity index (χ1n) is 10.8. The van der Waals surface area contributed by atoms with Gasteiger partial charge in [-0.05, 0) is 58.7 Å². The Kier molecular flexibility index (Phi) is 5.94. The van der Waals surface area contributed by atoms with Gasteiger partial charge in [0.15, 0.2) is 0 Å². The van der Waals surface area contributed by atoms with Gasteiger partial charge in [-0.1, -0.05) is 43.5 Å². The Hall–Kier alpha value is -3.34. The summed E-state index contributed by atoms with van der Waals surface area (Å²) in [4.78, 5) is 0. The maximum atomic E-state index is 11.1. The lowest BCUT2D eigenvalue weighted by Gasteiger charge is -2.24. The van der Waals surface area contributed by atoms with E-state index in [1.807, 2.05) is 12.1 Å². The predicted octanol–water partition coefficient (Wildman–Crippen LogP) is 5.44. The van der Waals surface area contributed by atoms with Crippen molar-refractivity contribution in [2.75, 3.05) is 0 Å². The highest BCUT2D eigenvalue weighted by atomic mass is 16.3. The van der Waals surface area contributed by atoms with Gasteiger partial charge in [0.1, 0.15) is 28.7 Å². The van der Waals surface area contributed by atoms with Gasteiger partial charge in [0, 0.05) is 25.0 Å². The predicted molar refractivity (Wildman–Crippen MR) is 119 cm³/mol. The lowest BCUT2D eigenvalue weighted by Crippen LogP contribution is -2.07. The first kappa shape index (κ1) is 20.9.